The van der Waals surface area contributed by atoms with Gasteiger partial charge in [0.15, 0.2) is 0 Å². The molecule has 2 rings (SSSR count). The monoisotopic (exact) mass is 194 g/mol. The van der Waals surface area contributed by atoms with Gasteiger partial charge in [0.25, 0.3) is 0 Å². The zero-order chi connectivity index (χ0) is 9.97. The molecule has 0 saturated carbocycles. The summed E-state index contributed by atoms with van der Waals surface area (Å²) in [5, 5.41) is 0. The number of halogens is 1. The van der Waals surface area contributed by atoms with Crippen molar-refractivity contribution in [2.45, 2.75) is 32.2 Å². The van der Waals surface area contributed by atoms with Gasteiger partial charge in [0.05, 0.1) is 0 Å². The molecule has 1 aliphatic heterocycles. The van der Waals surface area contributed by atoms with E-state index in [4.69, 9.17) is 0 Å². The highest BCUT2D eigenvalue weighted by Gasteiger charge is 2.19. The van der Waals surface area contributed by atoms with E-state index in [0.29, 0.717) is 6.04 Å². The zero-order valence-electron chi connectivity index (χ0n) is 8.41. The van der Waals surface area contributed by atoms with Crippen LogP contribution in [-0.4, -0.2) is 17.6 Å². The van der Waals surface area contributed by atoms with E-state index in [-0.39, 0.29) is 5.82 Å². The summed E-state index contributed by atoms with van der Waals surface area (Å²) in [4.78, 5) is 6.39. The van der Waals surface area contributed by atoms with E-state index >= 15 is 0 Å². The van der Waals surface area contributed by atoms with Gasteiger partial charge in [-0.3, -0.25) is 0 Å². The quantitative estimate of drug-likeness (QED) is 0.683. The molecule has 0 spiro atoms. The predicted molar refractivity (Wildman–Crippen MR) is 54.9 cm³/mol. The molecule has 1 fully saturated rings. The number of rotatable bonds is 1. The molecule has 1 aromatic rings. The van der Waals surface area contributed by atoms with Crippen molar-refractivity contribution in [2.24, 2.45) is 0 Å². The van der Waals surface area contributed by atoms with E-state index in [1.165, 1.54) is 37.6 Å². The molecule has 1 atom stereocenters. The van der Waals surface area contributed by atoms with Crippen LogP contribution in [0.5, 0.6) is 0 Å². The number of hydrogen-bond acceptors (Lipinski definition) is 2. The molecule has 2 nitrogen and oxygen atoms in total. The summed E-state index contributed by atoms with van der Waals surface area (Å²) in [7, 11) is 0. The van der Waals surface area contributed by atoms with E-state index in [1.807, 2.05) is 0 Å². The van der Waals surface area contributed by atoms with E-state index in [9.17, 15) is 4.39 Å². The Hall–Kier alpha value is -1.12. The van der Waals surface area contributed by atoms with Crippen molar-refractivity contribution in [3.05, 3.63) is 24.1 Å². The van der Waals surface area contributed by atoms with Crippen molar-refractivity contribution in [2.75, 3.05) is 11.4 Å². The van der Waals surface area contributed by atoms with Crippen LogP contribution >= 0.6 is 0 Å². The Morgan fingerprint density at radius 3 is 3.07 bits per heavy atom. The molecule has 76 valence electrons. The largest absolute Gasteiger partial charge is 0.354 e. The molecule has 0 amide bonds. The number of nitrogens with zero attached hydrogens (tertiary/aromatic N) is 2. The molecule has 0 N–H and O–H groups in total. The Morgan fingerprint density at radius 1 is 1.50 bits per heavy atom. The van der Waals surface area contributed by atoms with Crippen LogP contribution in [0.3, 0.4) is 0 Å². The normalized spacial score (nSPS) is 22.4. The fourth-order valence-corrected chi connectivity index (χ4v) is 1.99. The maximum atomic E-state index is 13.0. The second-order valence-corrected chi connectivity index (χ2v) is 3.87. The highest BCUT2D eigenvalue weighted by Crippen LogP contribution is 2.22. The molecule has 0 bridgehead atoms. The molecule has 1 saturated heterocycles. The van der Waals surface area contributed by atoms with Gasteiger partial charge in [0.1, 0.15) is 11.6 Å². The van der Waals surface area contributed by atoms with Gasteiger partial charge in [-0.05, 0) is 32.3 Å². The molecule has 2 heterocycles. The SMILES string of the molecule is CC1CCCCN1c1cc(F)ccn1. The second kappa shape index (κ2) is 3.95. The van der Waals surface area contributed by atoms with Crippen molar-refractivity contribution < 1.29 is 4.39 Å². The van der Waals surface area contributed by atoms with Gasteiger partial charge >= 0.3 is 0 Å². The van der Waals surface area contributed by atoms with Gasteiger partial charge in [-0.25, -0.2) is 9.37 Å². The number of pyridine rings is 1. The van der Waals surface area contributed by atoms with Crippen LogP contribution in [0.4, 0.5) is 10.2 Å². The summed E-state index contributed by atoms with van der Waals surface area (Å²) in [6, 6.07) is 3.39. The third kappa shape index (κ3) is 1.86. The van der Waals surface area contributed by atoms with Crippen LogP contribution in [0.25, 0.3) is 0 Å². The third-order valence-corrected chi connectivity index (χ3v) is 2.80. The fourth-order valence-electron chi connectivity index (χ4n) is 1.99. The van der Waals surface area contributed by atoms with Crippen molar-refractivity contribution >= 4 is 5.82 Å². The van der Waals surface area contributed by atoms with Gasteiger partial charge in [0.2, 0.25) is 0 Å². The Kier molecular flexibility index (Phi) is 2.66. The van der Waals surface area contributed by atoms with Crippen molar-refractivity contribution in [3.63, 3.8) is 0 Å². The Balaban J connectivity index is 2.20. The lowest BCUT2D eigenvalue weighted by atomic mass is 10.0. The maximum Gasteiger partial charge on any atom is 0.131 e. The lowest BCUT2D eigenvalue weighted by Crippen LogP contribution is -2.37. The third-order valence-electron chi connectivity index (χ3n) is 2.80. The molecular weight excluding hydrogens is 179 g/mol. The Labute approximate surface area is 83.8 Å². The zero-order valence-corrected chi connectivity index (χ0v) is 8.41. The lowest BCUT2D eigenvalue weighted by molar-refractivity contribution is 0.480. The maximum absolute atomic E-state index is 13.0. The lowest BCUT2D eigenvalue weighted by Gasteiger charge is -2.34. The van der Waals surface area contributed by atoms with Crippen LogP contribution in [-0.2, 0) is 0 Å². The summed E-state index contributed by atoms with van der Waals surface area (Å²) in [6.07, 6.45) is 5.17. The summed E-state index contributed by atoms with van der Waals surface area (Å²) in [5.41, 5.74) is 0. The number of anilines is 1. The predicted octanol–water partition coefficient (Wildman–Crippen LogP) is 2.60. The van der Waals surface area contributed by atoms with E-state index in [1.54, 1.807) is 0 Å². The molecule has 1 aromatic heterocycles. The van der Waals surface area contributed by atoms with Gasteiger partial charge in [0, 0.05) is 24.8 Å². The highest BCUT2D eigenvalue weighted by molar-refractivity contribution is 5.39. The highest BCUT2D eigenvalue weighted by atomic mass is 19.1. The molecule has 3 heteroatoms. The Morgan fingerprint density at radius 2 is 2.36 bits per heavy atom. The molecule has 1 unspecified atom stereocenters. The van der Waals surface area contributed by atoms with Crippen molar-refractivity contribution in [3.8, 4) is 0 Å². The minimum Gasteiger partial charge on any atom is -0.354 e. The molecule has 1 aliphatic rings. The van der Waals surface area contributed by atoms with Gasteiger partial charge in [-0.15, -0.1) is 0 Å². The molecular formula is C11H15FN2. The summed E-state index contributed by atoms with van der Waals surface area (Å²) < 4.78 is 13.0. The number of aromatic nitrogens is 1. The molecule has 0 radical (unpaired) electrons. The summed E-state index contributed by atoms with van der Waals surface area (Å²) in [6.45, 7) is 3.17. The van der Waals surface area contributed by atoms with Crippen LogP contribution in [0.2, 0.25) is 0 Å². The molecule has 14 heavy (non-hydrogen) atoms. The fraction of sp³-hybridized carbons (Fsp3) is 0.545. The minimum atomic E-state index is -0.201. The average Bonchev–Trinajstić information content (AvgIpc) is 2.18. The summed E-state index contributed by atoms with van der Waals surface area (Å²) >= 11 is 0. The van der Waals surface area contributed by atoms with Crippen LogP contribution in [0.1, 0.15) is 26.2 Å². The first-order valence-corrected chi connectivity index (χ1v) is 5.15. The van der Waals surface area contributed by atoms with E-state index < -0.39 is 0 Å². The van der Waals surface area contributed by atoms with Gasteiger partial charge in [-0.1, -0.05) is 0 Å². The smallest absolute Gasteiger partial charge is 0.131 e. The average molecular weight is 194 g/mol. The first-order chi connectivity index (χ1) is 6.77. The standard InChI is InChI=1S/C11H15FN2/c1-9-4-2-3-7-14(9)11-8-10(12)5-6-13-11/h5-6,8-9H,2-4,7H2,1H3. The van der Waals surface area contributed by atoms with Gasteiger partial charge in [-0.2, -0.15) is 0 Å². The van der Waals surface area contributed by atoms with E-state index in [0.717, 1.165) is 12.4 Å². The van der Waals surface area contributed by atoms with E-state index in [2.05, 4.69) is 16.8 Å². The summed E-state index contributed by atoms with van der Waals surface area (Å²) in [5.74, 6) is 0.574. The minimum absolute atomic E-state index is 0.201. The molecule has 0 aromatic carbocycles. The van der Waals surface area contributed by atoms with Crippen molar-refractivity contribution in [1.82, 2.24) is 4.98 Å². The number of piperidine rings is 1. The van der Waals surface area contributed by atoms with Crippen molar-refractivity contribution in [1.29, 1.82) is 0 Å². The first-order valence-electron chi connectivity index (χ1n) is 5.15. The Bertz CT molecular complexity index is 314. The first kappa shape index (κ1) is 9.44. The molecule has 0 aliphatic carbocycles. The number of hydrogen-bond donors (Lipinski definition) is 0. The van der Waals surface area contributed by atoms with Gasteiger partial charge < -0.3 is 4.90 Å². The van der Waals surface area contributed by atoms with Crippen LogP contribution in [0, 0.1) is 5.82 Å². The topological polar surface area (TPSA) is 16.1 Å². The second-order valence-electron chi connectivity index (χ2n) is 3.87. The van der Waals surface area contributed by atoms with Crippen LogP contribution < -0.4 is 4.90 Å². The van der Waals surface area contributed by atoms with Crippen LogP contribution in [0.15, 0.2) is 18.3 Å².